The Morgan fingerprint density at radius 2 is 1.90 bits per heavy atom. The molecule has 2 heterocycles. The van der Waals surface area contributed by atoms with E-state index in [4.69, 9.17) is 9.47 Å². The predicted molar refractivity (Wildman–Crippen MR) is 109 cm³/mol. The molecule has 29 heavy (non-hydrogen) atoms. The number of nitrogens with zero attached hydrogens (tertiary/aromatic N) is 3. The summed E-state index contributed by atoms with van der Waals surface area (Å²) >= 11 is 0. The number of aryl methyl sites for hydroxylation is 2. The molecular weight excluding hydrogens is 372 g/mol. The van der Waals surface area contributed by atoms with Crippen LogP contribution in [-0.4, -0.2) is 34.3 Å². The fraction of sp³-hybridized carbons (Fsp3) is 0.381. The lowest BCUT2D eigenvalue weighted by molar-refractivity contribution is -0.116. The molecule has 1 aliphatic rings. The number of ether oxygens (including phenoxy) is 2. The van der Waals surface area contributed by atoms with Gasteiger partial charge in [0.05, 0.1) is 19.9 Å². The number of carbonyl (C=O) groups excluding carboxylic acids is 1. The van der Waals surface area contributed by atoms with Crippen LogP contribution in [0.1, 0.15) is 30.5 Å². The van der Waals surface area contributed by atoms with E-state index in [1.165, 1.54) is 11.7 Å². The number of amides is 1. The molecule has 0 unspecified atom stereocenters. The minimum Gasteiger partial charge on any atom is -0.493 e. The van der Waals surface area contributed by atoms with E-state index >= 15 is 0 Å². The zero-order chi connectivity index (χ0) is 20.4. The lowest BCUT2D eigenvalue weighted by atomic mass is 10.1. The van der Waals surface area contributed by atoms with Crippen LogP contribution in [0.25, 0.3) is 5.52 Å². The van der Waals surface area contributed by atoms with Crippen LogP contribution in [-0.2, 0) is 24.2 Å². The highest BCUT2D eigenvalue weighted by atomic mass is 16.5. The van der Waals surface area contributed by atoms with Gasteiger partial charge >= 0.3 is 0 Å². The SMILES string of the molecule is COc1ccc(NC(=O)Cn2ccn3nc4c(c3c2=O)CCCCC4)cc1OC. The number of carbonyl (C=O) groups is 1. The number of benzene rings is 1. The second kappa shape index (κ2) is 7.98. The Bertz CT molecular complexity index is 1120. The summed E-state index contributed by atoms with van der Waals surface area (Å²) in [4.78, 5) is 25.6. The van der Waals surface area contributed by atoms with E-state index in [0.717, 1.165) is 43.4 Å². The van der Waals surface area contributed by atoms with Crippen molar-refractivity contribution in [2.75, 3.05) is 19.5 Å². The Morgan fingerprint density at radius 3 is 2.69 bits per heavy atom. The van der Waals surface area contributed by atoms with Crippen molar-refractivity contribution < 1.29 is 14.3 Å². The van der Waals surface area contributed by atoms with Gasteiger partial charge in [0, 0.05) is 29.7 Å². The standard InChI is InChI=1S/C21H24N4O4/c1-28-17-9-8-14(12-18(17)29-2)22-19(26)13-24-10-11-25-20(21(24)27)15-6-4-3-5-7-16(15)23-25/h8-12H,3-7,13H2,1-2H3,(H,22,26). The average molecular weight is 396 g/mol. The lowest BCUT2D eigenvalue weighted by Crippen LogP contribution is -2.28. The number of aromatic nitrogens is 3. The quantitative estimate of drug-likeness (QED) is 0.670. The molecule has 1 aliphatic carbocycles. The summed E-state index contributed by atoms with van der Waals surface area (Å²) in [7, 11) is 3.09. The molecule has 0 saturated carbocycles. The van der Waals surface area contributed by atoms with Crippen molar-refractivity contribution >= 4 is 17.1 Å². The molecule has 0 fully saturated rings. The third-order valence-corrected chi connectivity index (χ3v) is 5.26. The molecule has 1 amide bonds. The molecule has 0 spiro atoms. The molecule has 0 radical (unpaired) electrons. The molecule has 0 atom stereocenters. The smallest absolute Gasteiger partial charge is 0.277 e. The maximum Gasteiger partial charge on any atom is 0.277 e. The first-order valence-corrected chi connectivity index (χ1v) is 9.72. The number of fused-ring (bicyclic) bond motifs is 3. The van der Waals surface area contributed by atoms with Gasteiger partial charge in [0.2, 0.25) is 5.91 Å². The number of hydrogen-bond acceptors (Lipinski definition) is 5. The highest BCUT2D eigenvalue weighted by molar-refractivity contribution is 5.91. The molecule has 1 aromatic carbocycles. The molecule has 0 saturated heterocycles. The normalized spacial score (nSPS) is 13.6. The summed E-state index contributed by atoms with van der Waals surface area (Å²) in [5, 5.41) is 7.38. The Morgan fingerprint density at radius 1 is 1.10 bits per heavy atom. The van der Waals surface area contributed by atoms with Gasteiger partial charge in [-0.25, -0.2) is 4.52 Å². The molecule has 8 nitrogen and oxygen atoms in total. The van der Waals surface area contributed by atoms with Gasteiger partial charge < -0.3 is 19.4 Å². The second-order valence-electron chi connectivity index (χ2n) is 7.13. The van der Waals surface area contributed by atoms with Crippen molar-refractivity contribution in [2.24, 2.45) is 0 Å². The van der Waals surface area contributed by atoms with Gasteiger partial charge in [-0.3, -0.25) is 9.59 Å². The number of rotatable bonds is 5. The van der Waals surface area contributed by atoms with Crippen molar-refractivity contribution in [1.29, 1.82) is 0 Å². The minimum absolute atomic E-state index is 0.0797. The third-order valence-electron chi connectivity index (χ3n) is 5.26. The summed E-state index contributed by atoms with van der Waals surface area (Å²) in [6, 6.07) is 5.12. The molecule has 1 N–H and O–H groups in total. The first kappa shape index (κ1) is 19.0. The maximum atomic E-state index is 13.0. The molecular formula is C21H24N4O4. The van der Waals surface area contributed by atoms with E-state index in [0.29, 0.717) is 22.7 Å². The Labute approximate surface area is 168 Å². The van der Waals surface area contributed by atoms with E-state index < -0.39 is 0 Å². The zero-order valence-electron chi connectivity index (χ0n) is 16.6. The van der Waals surface area contributed by atoms with Crippen LogP contribution in [0.4, 0.5) is 5.69 Å². The molecule has 3 aromatic rings. The van der Waals surface area contributed by atoms with Crippen LogP contribution >= 0.6 is 0 Å². The van der Waals surface area contributed by atoms with Gasteiger partial charge in [-0.05, 0) is 37.8 Å². The highest BCUT2D eigenvalue weighted by Gasteiger charge is 2.19. The molecule has 0 aliphatic heterocycles. The molecule has 8 heteroatoms. The molecule has 0 bridgehead atoms. The van der Waals surface area contributed by atoms with Crippen LogP contribution in [0.15, 0.2) is 35.4 Å². The summed E-state index contributed by atoms with van der Waals surface area (Å²) in [5.41, 5.74) is 3.00. The zero-order valence-corrected chi connectivity index (χ0v) is 16.6. The number of methoxy groups -OCH3 is 2. The lowest BCUT2D eigenvalue weighted by Gasteiger charge is -2.11. The molecule has 2 aromatic heterocycles. The van der Waals surface area contributed by atoms with Crippen molar-refractivity contribution in [2.45, 2.75) is 38.6 Å². The van der Waals surface area contributed by atoms with Crippen LogP contribution in [0, 0.1) is 0 Å². The summed E-state index contributed by atoms with van der Waals surface area (Å²) in [5.74, 6) is 0.800. The highest BCUT2D eigenvalue weighted by Crippen LogP contribution is 2.29. The van der Waals surface area contributed by atoms with E-state index in [1.54, 1.807) is 42.2 Å². The number of anilines is 1. The van der Waals surface area contributed by atoms with Crippen LogP contribution < -0.4 is 20.3 Å². The average Bonchev–Trinajstić information content (AvgIpc) is 2.92. The molecule has 152 valence electrons. The van der Waals surface area contributed by atoms with Gasteiger partial charge in [0.15, 0.2) is 11.5 Å². The van der Waals surface area contributed by atoms with E-state index in [2.05, 4.69) is 10.4 Å². The van der Waals surface area contributed by atoms with Crippen molar-refractivity contribution in [3.05, 3.63) is 52.2 Å². The van der Waals surface area contributed by atoms with Gasteiger partial charge in [-0.15, -0.1) is 0 Å². The molecule has 4 rings (SSSR count). The summed E-state index contributed by atoms with van der Waals surface area (Å²) in [6.45, 7) is -0.0797. The summed E-state index contributed by atoms with van der Waals surface area (Å²) in [6.07, 6.45) is 8.41. The van der Waals surface area contributed by atoms with Crippen molar-refractivity contribution in [1.82, 2.24) is 14.2 Å². The number of nitrogens with one attached hydrogen (secondary N) is 1. The fourth-order valence-electron chi connectivity index (χ4n) is 3.83. The first-order valence-electron chi connectivity index (χ1n) is 9.72. The monoisotopic (exact) mass is 396 g/mol. The minimum atomic E-state index is -0.297. The van der Waals surface area contributed by atoms with Crippen LogP contribution in [0.2, 0.25) is 0 Å². The van der Waals surface area contributed by atoms with Gasteiger partial charge in [0.1, 0.15) is 12.1 Å². The number of hydrogen-bond donors (Lipinski definition) is 1. The predicted octanol–water partition coefficient (Wildman–Crippen LogP) is 2.42. The van der Waals surface area contributed by atoms with E-state index in [1.807, 2.05) is 0 Å². The van der Waals surface area contributed by atoms with Gasteiger partial charge in [0.25, 0.3) is 5.56 Å². The van der Waals surface area contributed by atoms with Gasteiger partial charge in [-0.1, -0.05) is 6.42 Å². The van der Waals surface area contributed by atoms with Gasteiger partial charge in [-0.2, -0.15) is 5.10 Å². The Balaban J connectivity index is 1.58. The third kappa shape index (κ3) is 3.70. The maximum absolute atomic E-state index is 13.0. The fourth-order valence-corrected chi connectivity index (χ4v) is 3.83. The second-order valence-corrected chi connectivity index (χ2v) is 7.13. The van der Waals surface area contributed by atoms with Crippen molar-refractivity contribution in [3.8, 4) is 11.5 Å². The van der Waals surface area contributed by atoms with Crippen molar-refractivity contribution in [3.63, 3.8) is 0 Å². The first-order chi connectivity index (χ1) is 14.1. The van der Waals surface area contributed by atoms with E-state index in [-0.39, 0.29) is 18.0 Å². The topological polar surface area (TPSA) is 86.9 Å². The Hall–Kier alpha value is -3.29. The summed E-state index contributed by atoms with van der Waals surface area (Å²) < 4.78 is 13.5. The van der Waals surface area contributed by atoms with Crippen LogP contribution in [0.5, 0.6) is 11.5 Å². The van der Waals surface area contributed by atoms with Crippen LogP contribution in [0.3, 0.4) is 0 Å². The largest absolute Gasteiger partial charge is 0.493 e. The Kier molecular flexibility index (Phi) is 5.24. The van der Waals surface area contributed by atoms with E-state index in [9.17, 15) is 9.59 Å².